The number of anilines is 1. The smallest absolute Gasteiger partial charge is 0.229 e. The van der Waals surface area contributed by atoms with Crippen LogP contribution in [0.2, 0.25) is 0 Å². The minimum absolute atomic E-state index is 0.0930. The molecule has 4 N–H and O–H groups in total. The zero-order valence-electron chi connectivity index (χ0n) is 13.9. The number of piperidine rings is 1. The van der Waals surface area contributed by atoms with E-state index in [4.69, 9.17) is 10.5 Å². The molecular formula is C18H27N3O2. The van der Waals surface area contributed by atoms with Gasteiger partial charge in [0.2, 0.25) is 5.91 Å². The fourth-order valence-corrected chi connectivity index (χ4v) is 3.91. The fraction of sp³-hybridized carbons (Fsp3) is 0.611. The molecule has 1 aliphatic heterocycles. The van der Waals surface area contributed by atoms with Gasteiger partial charge in [0, 0.05) is 12.8 Å². The molecule has 1 atom stereocenters. The maximum atomic E-state index is 13.0. The third-order valence-electron chi connectivity index (χ3n) is 5.25. The number of hydrogen-bond donors (Lipinski definition) is 3. The van der Waals surface area contributed by atoms with Gasteiger partial charge in [0.25, 0.3) is 0 Å². The number of aryl methyl sites for hydroxylation is 1. The molecule has 2 aliphatic rings. The van der Waals surface area contributed by atoms with Gasteiger partial charge in [-0.15, -0.1) is 0 Å². The van der Waals surface area contributed by atoms with E-state index in [1.54, 1.807) is 7.11 Å². The number of methoxy groups -OCH3 is 1. The van der Waals surface area contributed by atoms with Gasteiger partial charge in [-0.25, -0.2) is 0 Å². The summed E-state index contributed by atoms with van der Waals surface area (Å²) in [6.07, 6.45) is 4.77. The van der Waals surface area contributed by atoms with Crippen LogP contribution in [0.15, 0.2) is 18.2 Å². The molecule has 1 saturated heterocycles. The molecule has 0 saturated carbocycles. The molecule has 1 fully saturated rings. The standard InChI is InChI=1S/C18H27N3O2/c1-23-12-18(7-9-20-10-8-18)17(22)21-16-4-2-3-13-11-14(19)5-6-15(13)16/h5-6,11,16,20H,2-4,7-10,12,19H2,1H3,(H,21,22). The molecule has 5 heteroatoms. The highest BCUT2D eigenvalue weighted by Crippen LogP contribution is 2.34. The van der Waals surface area contributed by atoms with Crippen LogP contribution in [-0.4, -0.2) is 32.7 Å². The van der Waals surface area contributed by atoms with Crippen LogP contribution in [0.25, 0.3) is 0 Å². The largest absolute Gasteiger partial charge is 0.399 e. The van der Waals surface area contributed by atoms with Gasteiger partial charge in [-0.05, 0) is 68.5 Å². The first-order valence-electron chi connectivity index (χ1n) is 8.53. The molecule has 23 heavy (non-hydrogen) atoms. The predicted octanol–water partition coefficient (Wildman–Crippen LogP) is 1.78. The summed E-state index contributed by atoms with van der Waals surface area (Å²) >= 11 is 0. The quantitative estimate of drug-likeness (QED) is 0.740. The molecule has 0 spiro atoms. The van der Waals surface area contributed by atoms with Gasteiger partial charge in [0.1, 0.15) is 0 Å². The second-order valence-electron chi connectivity index (χ2n) is 6.84. The Morgan fingerprint density at radius 2 is 2.22 bits per heavy atom. The van der Waals surface area contributed by atoms with Crippen molar-refractivity contribution in [1.29, 1.82) is 0 Å². The molecule has 1 aromatic rings. The van der Waals surface area contributed by atoms with Crippen molar-refractivity contribution in [3.63, 3.8) is 0 Å². The zero-order valence-corrected chi connectivity index (χ0v) is 13.9. The first-order chi connectivity index (χ1) is 11.1. The first-order valence-corrected chi connectivity index (χ1v) is 8.53. The molecule has 1 unspecified atom stereocenters. The lowest BCUT2D eigenvalue weighted by molar-refractivity contribution is -0.137. The van der Waals surface area contributed by atoms with Gasteiger partial charge in [-0.3, -0.25) is 4.79 Å². The van der Waals surface area contributed by atoms with Gasteiger partial charge in [0.15, 0.2) is 0 Å². The fourth-order valence-electron chi connectivity index (χ4n) is 3.91. The van der Waals surface area contributed by atoms with Gasteiger partial charge in [-0.2, -0.15) is 0 Å². The van der Waals surface area contributed by atoms with E-state index in [-0.39, 0.29) is 11.9 Å². The van der Waals surface area contributed by atoms with Crippen molar-refractivity contribution in [3.8, 4) is 0 Å². The Labute approximate surface area is 138 Å². The summed E-state index contributed by atoms with van der Waals surface area (Å²) in [4.78, 5) is 13.0. The summed E-state index contributed by atoms with van der Waals surface area (Å²) in [7, 11) is 1.68. The first kappa shape index (κ1) is 16.3. The molecule has 0 bridgehead atoms. The van der Waals surface area contributed by atoms with E-state index in [0.29, 0.717) is 6.61 Å². The van der Waals surface area contributed by atoms with E-state index < -0.39 is 5.41 Å². The average Bonchev–Trinajstić information content (AvgIpc) is 2.56. The Morgan fingerprint density at radius 3 is 2.96 bits per heavy atom. The molecule has 3 rings (SSSR count). The van der Waals surface area contributed by atoms with E-state index >= 15 is 0 Å². The molecule has 0 aromatic heterocycles. The van der Waals surface area contributed by atoms with E-state index in [0.717, 1.165) is 50.9 Å². The maximum absolute atomic E-state index is 13.0. The normalized spacial score (nSPS) is 23.1. The highest BCUT2D eigenvalue weighted by Gasteiger charge is 2.40. The van der Waals surface area contributed by atoms with Crippen LogP contribution in [0, 0.1) is 5.41 Å². The van der Waals surface area contributed by atoms with E-state index in [9.17, 15) is 4.79 Å². The number of amides is 1. The highest BCUT2D eigenvalue weighted by molar-refractivity contribution is 5.83. The number of fused-ring (bicyclic) bond motifs is 1. The third-order valence-corrected chi connectivity index (χ3v) is 5.25. The van der Waals surface area contributed by atoms with Gasteiger partial charge in [-0.1, -0.05) is 6.07 Å². The van der Waals surface area contributed by atoms with Crippen LogP contribution in [0.1, 0.15) is 42.9 Å². The molecular weight excluding hydrogens is 290 g/mol. The molecule has 1 aliphatic carbocycles. The van der Waals surface area contributed by atoms with Crippen molar-refractivity contribution < 1.29 is 9.53 Å². The van der Waals surface area contributed by atoms with Crippen molar-refractivity contribution in [2.75, 3.05) is 32.5 Å². The number of nitrogen functional groups attached to an aromatic ring is 1. The third kappa shape index (κ3) is 3.35. The molecule has 1 amide bonds. The summed E-state index contributed by atoms with van der Waals surface area (Å²) in [6, 6.07) is 6.14. The number of nitrogens with two attached hydrogens (primary N) is 1. The minimum Gasteiger partial charge on any atom is -0.399 e. The highest BCUT2D eigenvalue weighted by atomic mass is 16.5. The summed E-state index contributed by atoms with van der Waals surface area (Å²) in [5.74, 6) is 0.135. The minimum atomic E-state index is -0.397. The van der Waals surface area contributed by atoms with Crippen LogP contribution in [0.3, 0.4) is 0 Å². The van der Waals surface area contributed by atoms with Crippen LogP contribution >= 0.6 is 0 Å². The molecule has 1 aromatic carbocycles. The monoisotopic (exact) mass is 317 g/mol. The Kier molecular flexibility index (Phi) is 4.87. The second kappa shape index (κ2) is 6.89. The van der Waals surface area contributed by atoms with E-state index in [1.165, 1.54) is 11.1 Å². The van der Waals surface area contributed by atoms with Crippen molar-refractivity contribution >= 4 is 11.6 Å². The summed E-state index contributed by atoms with van der Waals surface area (Å²) in [5.41, 5.74) is 8.79. The van der Waals surface area contributed by atoms with E-state index in [2.05, 4.69) is 16.7 Å². The summed E-state index contributed by atoms with van der Waals surface area (Å²) in [5, 5.41) is 6.63. The van der Waals surface area contributed by atoms with E-state index in [1.807, 2.05) is 12.1 Å². The summed E-state index contributed by atoms with van der Waals surface area (Å²) < 4.78 is 5.38. The van der Waals surface area contributed by atoms with Crippen LogP contribution in [0.5, 0.6) is 0 Å². The number of carbonyl (C=O) groups is 1. The molecule has 1 heterocycles. The topological polar surface area (TPSA) is 76.4 Å². The number of hydrogen-bond acceptors (Lipinski definition) is 4. The summed E-state index contributed by atoms with van der Waals surface area (Å²) in [6.45, 7) is 2.23. The Bertz CT molecular complexity index is 562. The maximum Gasteiger partial charge on any atom is 0.229 e. The number of rotatable bonds is 4. The lowest BCUT2D eigenvalue weighted by Gasteiger charge is -2.37. The van der Waals surface area contributed by atoms with Crippen LogP contribution < -0.4 is 16.4 Å². The Hall–Kier alpha value is -1.59. The van der Waals surface area contributed by atoms with Crippen LogP contribution in [0.4, 0.5) is 5.69 Å². The SMILES string of the molecule is COCC1(C(=O)NC2CCCc3cc(N)ccc32)CCNCC1. The van der Waals surface area contributed by atoms with Gasteiger partial charge in [0.05, 0.1) is 18.1 Å². The Morgan fingerprint density at radius 1 is 1.43 bits per heavy atom. The number of carbonyl (C=O) groups excluding carboxylic acids is 1. The van der Waals surface area contributed by atoms with Crippen molar-refractivity contribution in [3.05, 3.63) is 29.3 Å². The van der Waals surface area contributed by atoms with Crippen LogP contribution in [-0.2, 0) is 16.0 Å². The molecule has 5 nitrogen and oxygen atoms in total. The van der Waals surface area contributed by atoms with Gasteiger partial charge >= 0.3 is 0 Å². The number of benzene rings is 1. The van der Waals surface area contributed by atoms with Gasteiger partial charge < -0.3 is 21.1 Å². The predicted molar refractivity (Wildman–Crippen MR) is 91.1 cm³/mol. The Balaban J connectivity index is 1.77. The van der Waals surface area contributed by atoms with Crippen molar-refractivity contribution in [2.24, 2.45) is 5.41 Å². The van der Waals surface area contributed by atoms with Crippen molar-refractivity contribution in [1.82, 2.24) is 10.6 Å². The van der Waals surface area contributed by atoms with Crippen molar-refractivity contribution in [2.45, 2.75) is 38.1 Å². The average molecular weight is 317 g/mol. The lowest BCUT2D eigenvalue weighted by atomic mass is 9.78. The molecule has 0 radical (unpaired) electrons. The number of nitrogens with one attached hydrogen (secondary N) is 2. The lowest BCUT2D eigenvalue weighted by Crippen LogP contribution is -2.51. The number of ether oxygens (including phenoxy) is 1. The zero-order chi connectivity index (χ0) is 16.3. The molecule has 126 valence electrons. The second-order valence-corrected chi connectivity index (χ2v) is 6.84.